The lowest BCUT2D eigenvalue weighted by Crippen LogP contribution is -2.37. The lowest BCUT2D eigenvalue weighted by Gasteiger charge is -2.05. The van der Waals surface area contributed by atoms with Crippen LogP contribution in [-0.4, -0.2) is 9.55 Å². The van der Waals surface area contributed by atoms with E-state index in [0.717, 1.165) is 6.42 Å². The van der Waals surface area contributed by atoms with Crippen LogP contribution in [0.1, 0.15) is 25.8 Å². The van der Waals surface area contributed by atoms with E-state index in [9.17, 15) is 9.59 Å². The van der Waals surface area contributed by atoms with Gasteiger partial charge in [0.2, 0.25) is 0 Å². The maximum Gasteiger partial charge on any atom is 0.329 e. The average molecular weight is 217 g/mol. The number of hydrogen-bond donors (Lipinski definition) is 1. The van der Waals surface area contributed by atoms with Crippen LogP contribution in [0.15, 0.2) is 9.59 Å². The van der Waals surface area contributed by atoms with Gasteiger partial charge in [0.15, 0.2) is 0 Å². The Hall–Kier alpha value is -1.03. The molecule has 1 heterocycles. The van der Waals surface area contributed by atoms with E-state index in [1.165, 1.54) is 4.57 Å². The van der Waals surface area contributed by atoms with Crippen molar-refractivity contribution in [2.75, 3.05) is 0 Å². The molecule has 0 amide bonds. The van der Waals surface area contributed by atoms with Gasteiger partial charge in [-0.15, -0.1) is 0 Å². The molecular weight excluding hydrogens is 204 g/mol. The van der Waals surface area contributed by atoms with Gasteiger partial charge in [-0.3, -0.25) is 14.3 Å². The van der Waals surface area contributed by atoms with Crippen LogP contribution < -0.4 is 11.2 Å². The molecule has 0 bridgehead atoms. The first-order valence-electron chi connectivity index (χ1n) is 4.63. The molecule has 0 saturated carbocycles. The molecule has 4 nitrogen and oxygen atoms in total. The summed E-state index contributed by atoms with van der Waals surface area (Å²) in [6.07, 6.45) is 1.27. The van der Waals surface area contributed by atoms with E-state index >= 15 is 0 Å². The Labute approximate surface area is 86.5 Å². The summed E-state index contributed by atoms with van der Waals surface area (Å²) >= 11 is 5.74. The Bertz CT molecular complexity index is 433. The number of rotatable bonds is 3. The van der Waals surface area contributed by atoms with Crippen LogP contribution in [-0.2, 0) is 13.0 Å². The van der Waals surface area contributed by atoms with Crippen molar-refractivity contribution in [2.45, 2.75) is 33.2 Å². The molecule has 0 aliphatic rings. The molecule has 78 valence electrons. The molecule has 14 heavy (non-hydrogen) atoms. The summed E-state index contributed by atoms with van der Waals surface area (Å²) in [5.74, 6) is 0. The van der Waals surface area contributed by atoms with Crippen LogP contribution in [0.3, 0.4) is 0 Å². The fourth-order valence-corrected chi connectivity index (χ4v) is 1.61. The van der Waals surface area contributed by atoms with Gasteiger partial charge in [-0.1, -0.05) is 25.4 Å². The maximum atomic E-state index is 11.7. The van der Waals surface area contributed by atoms with Gasteiger partial charge in [0.05, 0.1) is 5.56 Å². The fraction of sp³-hybridized carbons (Fsp3) is 0.556. The van der Waals surface area contributed by atoms with Crippen LogP contribution in [0.4, 0.5) is 0 Å². The van der Waals surface area contributed by atoms with E-state index in [1.54, 1.807) is 0 Å². The Balaban J connectivity index is 3.45. The quantitative estimate of drug-likeness (QED) is 0.771. The molecule has 0 atom stereocenters. The molecule has 1 aromatic rings. The molecule has 0 fully saturated rings. The second kappa shape index (κ2) is 4.46. The molecular formula is C9H13ClN2O2. The Morgan fingerprint density at radius 3 is 2.50 bits per heavy atom. The molecule has 1 aromatic heterocycles. The minimum absolute atomic E-state index is 0.162. The third kappa shape index (κ3) is 1.90. The van der Waals surface area contributed by atoms with Crippen molar-refractivity contribution in [1.82, 2.24) is 9.55 Å². The minimum atomic E-state index is -0.431. The second-order valence-corrected chi connectivity index (χ2v) is 3.41. The van der Waals surface area contributed by atoms with E-state index in [2.05, 4.69) is 4.98 Å². The summed E-state index contributed by atoms with van der Waals surface area (Å²) in [5, 5.41) is 0.162. The van der Waals surface area contributed by atoms with Gasteiger partial charge >= 0.3 is 5.69 Å². The lowest BCUT2D eigenvalue weighted by atomic mass is 10.2. The van der Waals surface area contributed by atoms with E-state index in [0.29, 0.717) is 18.5 Å². The molecule has 0 aromatic carbocycles. The van der Waals surface area contributed by atoms with Crippen LogP contribution in [0.25, 0.3) is 0 Å². The van der Waals surface area contributed by atoms with Crippen molar-refractivity contribution in [2.24, 2.45) is 0 Å². The Kier molecular flexibility index (Phi) is 3.52. The number of nitrogens with zero attached hydrogens (tertiary/aromatic N) is 1. The Morgan fingerprint density at radius 2 is 2.00 bits per heavy atom. The molecule has 0 spiro atoms. The first kappa shape index (κ1) is 11.0. The lowest BCUT2D eigenvalue weighted by molar-refractivity contribution is 0.608. The molecule has 0 aliphatic heterocycles. The summed E-state index contributed by atoms with van der Waals surface area (Å²) in [6, 6.07) is 0. The van der Waals surface area contributed by atoms with Crippen LogP contribution in [0, 0.1) is 0 Å². The number of nitrogens with one attached hydrogen (secondary N) is 1. The number of halogens is 1. The van der Waals surface area contributed by atoms with Gasteiger partial charge in [0, 0.05) is 6.54 Å². The predicted octanol–water partition coefficient (Wildman–Crippen LogP) is 1.16. The molecule has 5 heteroatoms. The van der Waals surface area contributed by atoms with Crippen LogP contribution in [0.2, 0.25) is 5.15 Å². The maximum absolute atomic E-state index is 11.7. The number of hydrogen-bond acceptors (Lipinski definition) is 2. The Morgan fingerprint density at radius 1 is 1.36 bits per heavy atom. The molecule has 1 N–H and O–H groups in total. The molecule has 0 aliphatic carbocycles. The van der Waals surface area contributed by atoms with Crippen molar-refractivity contribution in [1.29, 1.82) is 0 Å². The summed E-state index contributed by atoms with van der Waals surface area (Å²) < 4.78 is 1.19. The topological polar surface area (TPSA) is 54.9 Å². The summed E-state index contributed by atoms with van der Waals surface area (Å²) in [6.45, 7) is 4.17. The standard InChI is InChI=1S/C9H13ClN2O2/c1-3-5-12-8(13)6(4-2)7(10)11-9(12)14/h3-5H2,1-2H3,(H,11,14). The minimum Gasteiger partial charge on any atom is -0.297 e. The van der Waals surface area contributed by atoms with Gasteiger partial charge in [-0.05, 0) is 12.8 Å². The normalized spacial score (nSPS) is 10.5. The van der Waals surface area contributed by atoms with Gasteiger partial charge in [-0.2, -0.15) is 0 Å². The summed E-state index contributed by atoms with van der Waals surface area (Å²) in [7, 11) is 0. The van der Waals surface area contributed by atoms with E-state index in [1.807, 2.05) is 13.8 Å². The van der Waals surface area contributed by atoms with E-state index < -0.39 is 5.69 Å². The molecule has 0 radical (unpaired) electrons. The zero-order chi connectivity index (χ0) is 10.7. The van der Waals surface area contributed by atoms with Crippen molar-refractivity contribution in [3.63, 3.8) is 0 Å². The van der Waals surface area contributed by atoms with Crippen molar-refractivity contribution in [3.05, 3.63) is 31.6 Å². The van der Waals surface area contributed by atoms with Gasteiger partial charge < -0.3 is 0 Å². The van der Waals surface area contributed by atoms with E-state index in [-0.39, 0.29) is 10.7 Å². The van der Waals surface area contributed by atoms with Gasteiger partial charge in [-0.25, -0.2) is 4.79 Å². The highest BCUT2D eigenvalue weighted by Crippen LogP contribution is 2.05. The smallest absolute Gasteiger partial charge is 0.297 e. The third-order valence-electron chi connectivity index (χ3n) is 2.03. The van der Waals surface area contributed by atoms with Crippen molar-refractivity contribution in [3.8, 4) is 0 Å². The monoisotopic (exact) mass is 216 g/mol. The fourth-order valence-electron chi connectivity index (χ4n) is 1.32. The molecule has 0 unspecified atom stereocenters. The summed E-state index contributed by atoms with van der Waals surface area (Å²) in [4.78, 5) is 25.5. The molecule has 1 rings (SSSR count). The highest BCUT2D eigenvalue weighted by atomic mass is 35.5. The largest absolute Gasteiger partial charge is 0.329 e. The van der Waals surface area contributed by atoms with E-state index in [4.69, 9.17) is 11.6 Å². The van der Waals surface area contributed by atoms with Crippen molar-refractivity contribution < 1.29 is 0 Å². The van der Waals surface area contributed by atoms with Crippen LogP contribution >= 0.6 is 11.6 Å². The molecule has 0 saturated heterocycles. The zero-order valence-corrected chi connectivity index (χ0v) is 9.02. The van der Waals surface area contributed by atoms with Gasteiger partial charge in [0.25, 0.3) is 5.56 Å². The number of aromatic amines is 1. The first-order chi connectivity index (χ1) is 6.61. The number of H-pyrrole nitrogens is 1. The predicted molar refractivity (Wildman–Crippen MR) is 56.0 cm³/mol. The third-order valence-corrected chi connectivity index (χ3v) is 2.35. The SMILES string of the molecule is CCCn1c(=O)[nH]c(Cl)c(CC)c1=O. The van der Waals surface area contributed by atoms with Crippen molar-refractivity contribution >= 4 is 11.6 Å². The summed E-state index contributed by atoms with van der Waals surface area (Å²) in [5.41, 5.74) is -0.234. The highest BCUT2D eigenvalue weighted by Gasteiger charge is 2.09. The first-order valence-corrected chi connectivity index (χ1v) is 5.01. The zero-order valence-electron chi connectivity index (χ0n) is 8.26. The second-order valence-electron chi connectivity index (χ2n) is 3.03. The highest BCUT2D eigenvalue weighted by molar-refractivity contribution is 6.30. The number of aromatic nitrogens is 2. The van der Waals surface area contributed by atoms with Gasteiger partial charge in [0.1, 0.15) is 5.15 Å². The van der Waals surface area contributed by atoms with Crippen LogP contribution in [0.5, 0.6) is 0 Å². The average Bonchev–Trinajstić information content (AvgIpc) is 2.12.